The van der Waals surface area contributed by atoms with Gasteiger partial charge < -0.3 is 15.6 Å². The van der Waals surface area contributed by atoms with E-state index in [1.54, 1.807) is 6.07 Å². The second-order valence-corrected chi connectivity index (χ2v) is 6.36. The van der Waals surface area contributed by atoms with Gasteiger partial charge in [-0.1, -0.05) is 17.9 Å². The number of aromatic nitrogens is 3. The summed E-state index contributed by atoms with van der Waals surface area (Å²) in [7, 11) is 0. The van der Waals surface area contributed by atoms with Gasteiger partial charge in [-0.25, -0.2) is 9.97 Å². The Bertz CT molecular complexity index is 1050. The fourth-order valence-electron chi connectivity index (χ4n) is 2.86. The average molecular weight is 345 g/mol. The van der Waals surface area contributed by atoms with E-state index in [0.29, 0.717) is 17.4 Å². The van der Waals surface area contributed by atoms with Crippen LogP contribution < -0.4 is 11.1 Å². The van der Waals surface area contributed by atoms with Crippen molar-refractivity contribution in [2.45, 2.75) is 32.4 Å². The molecular weight excluding hydrogens is 326 g/mol. The van der Waals surface area contributed by atoms with Gasteiger partial charge in [0.05, 0.1) is 10.9 Å². The maximum atomic E-state index is 12.2. The van der Waals surface area contributed by atoms with Gasteiger partial charge in [-0.3, -0.25) is 4.79 Å². The third kappa shape index (κ3) is 3.11. The molecule has 26 heavy (non-hydrogen) atoms. The number of nitrogen functional groups attached to an aromatic ring is 1. The monoisotopic (exact) mass is 345 g/mol. The summed E-state index contributed by atoms with van der Waals surface area (Å²) in [5.41, 5.74) is 9.00. The van der Waals surface area contributed by atoms with E-state index in [2.05, 4.69) is 27.1 Å². The van der Waals surface area contributed by atoms with Crippen molar-refractivity contribution in [2.24, 2.45) is 0 Å². The Hall–Kier alpha value is -3.33. The summed E-state index contributed by atoms with van der Waals surface area (Å²) in [6.07, 6.45) is 5.53. The van der Waals surface area contributed by atoms with E-state index in [4.69, 9.17) is 5.73 Å². The molecule has 0 aliphatic heterocycles. The predicted molar refractivity (Wildman–Crippen MR) is 101 cm³/mol. The standard InChI is InChI=1S/C20H19N5O/c1-2-25-11-15(17-18(21)22-12-23-19(17)25)7-6-13-4-3-5-14(10-13)20(26)24-16-8-9-16/h3-5,10-12,16H,2,8-9H2,1H3,(H,24,26)(H2,21,22,23). The second kappa shape index (κ2) is 6.52. The zero-order valence-electron chi connectivity index (χ0n) is 14.5. The summed E-state index contributed by atoms with van der Waals surface area (Å²) in [6.45, 7) is 2.81. The van der Waals surface area contributed by atoms with Crippen molar-refractivity contribution in [1.29, 1.82) is 0 Å². The number of rotatable bonds is 3. The van der Waals surface area contributed by atoms with Crippen LogP contribution in [-0.4, -0.2) is 26.5 Å². The number of carbonyl (C=O) groups excluding carboxylic acids is 1. The van der Waals surface area contributed by atoms with Crippen molar-refractivity contribution < 1.29 is 4.79 Å². The van der Waals surface area contributed by atoms with E-state index < -0.39 is 0 Å². The van der Waals surface area contributed by atoms with E-state index in [9.17, 15) is 4.79 Å². The van der Waals surface area contributed by atoms with Gasteiger partial charge in [-0.15, -0.1) is 0 Å². The highest BCUT2D eigenvalue weighted by Gasteiger charge is 2.23. The molecule has 0 saturated heterocycles. The summed E-state index contributed by atoms with van der Waals surface area (Å²) in [6, 6.07) is 7.68. The van der Waals surface area contributed by atoms with Crippen LogP contribution in [0.15, 0.2) is 36.8 Å². The fraction of sp³-hybridized carbons (Fsp3) is 0.250. The summed E-state index contributed by atoms with van der Waals surface area (Å²) < 4.78 is 2.00. The molecule has 6 nitrogen and oxygen atoms in total. The third-order valence-corrected chi connectivity index (χ3v) is 4.40. The molecule has 4 rings (SSSR count). The third-order valence-electron chi connectivity index (χ3n) is 4.40. The molecule has 1 aliphatic carbocycles. The molecule has 0 unspecified atom stereocenters. The van der Waals surface area contributed by atoms with Crippen molar-refractivity contribution in [1.82, 2.24) is 19.9 Å². The lowest BCUT2D eigenvalue weighted by atomic mass is 10.1. The van der Waals surface area contributed by atoms with Crippen molar-refractivity contribution in [3.05, 3.63) is 53.5 Å². The number of carbonyl (C=O) groups is 1. The topological polar surface area (TPSA) is 85.8 Å². The Morgan fingerprint density at radius 1 is 1.35 bits per heavy atom. The van der Waals surface area contributed by atoms with Crippen LogP contribution in [0.2, 0.25) is 0 Å². The van der Waals surface area contributed by atoms with Crippen LogP contribution in [0, 0.1) is 11.8 Å². The van der Waals surface area contributed by atoms with E-state index in [0.717, 1.165) is 41.5 Å². The van der Waals surface area contributed by atoms with Crippen LogP contribution in [-0.2, 0) is 6.54 Å². The largest absolute Gasteiger partial charge is 0.383 e. The first kappa shape index (κ1) is 16.2. The minimum atomic E-state index is -0.0450. The Labute approximate surface area is 151 Å². The lowest BCUT2D eigenvalue weighted by Gasteiger charge is -2.03. The molecule has 1 fully saturated rings. The van der Waals surface area contributed by atoms with Crippen molar-refractivity contribution in [2.75, 3.05) is 5.73 Å². The number of amides is 1. The zero-order chi connectivity index (χ0) is 18.1. The lowest BCUT2D eigenvalue weighted by molar-refractivity contribution is 0.0951. The first-order valence-corrected chi connectivity index (χ1v) is 8.68. The first-order chi connectivity index (χ1) is 12.7. The van der Waals surface area contributed by atoms with E-state index in [-0.39, 0.29) is 5.91 Å². The number of nitrogens with one attached hydrogen (secondary N) is 1. The minimum Gasteiger partial charge on any atom is -0.383 e. The molecule has 2 heterocycles. The maximum absolute atomic E-state index is 12.2. The number of nitrogens with two attached hydrogens (primary N) is 1. The van der Waals surface area contributed by atoms with E-state index in [1.165, 1.54) is 6.33 Å². The van der Waals surface area contributed by atoms with Gasteiger partial charge in [-0.2, -0.15) is 0 Å². The van der Waals surface area contributed by atoms with Crippen LogP contribution in [0.5, 0.6) is 0 Å². The Balaban J connectivity index is 1.68. The van der Waals surface area contributed by atoms with Gasteiger partial charge in [0.1, 0.15) is 17.8 Å². The lowest BCUT2D eigenvalue weighted by Crippen LogP contribution is -2.25. The molecule has 0 bridgehead atoms. The highest BCUT2D eigenvalue weighted by Crippen LogP contribution is 2.23. The highest BCUT2D eigenvalue weighted by atomic mass is 16.1. The fourth-order valence-corrected chi connectivity index (χ4v) is 2.86. The van der Waals surface area contributed by atoms with Gasteiger partial charge in [0, 0.05) is 29.9 Å². The van der Waals surface area contributed by atoms with Gasteiger partial charge in [0.15, 0.2) is 0 Å². The van der Waals surface area contributed by atoms with Crippen LogP contribution in [0.3, 0.4) is 0 Å². The molecule has 3 aromatic rings. The van der Waals surface area contributed by atoms with E-state index in [1.807, 2.05) is 35.9 Å². The maximum Gasteiger partial charge on any atom is 0.251 e. The quantitative estimate of drug-likeness (QED) is 0.714. The van der Waals surface area contributed by atoms with Crippen LogP contribution in [0.4, 0.5) is 5.82 Å². The van der Waals surface area contributed by atoms with Crippen molar-refractivity contribution in [3.63, 3.8) is 0 Å². The van der Waals surface area contributed by atoms with Gasteiger partial charge in [-0.05, 0) is 38.0 Å². The van der Waals surface area contributed by atoms with Gasteiger partial charge >= 0.3 is 0 Å². The summed E-state index contributed by atoms with van der Waals surface area (Å²) in [5.74, 6) is 6.66. The summed E-state index contributed by atoms with van der Waals surface area (Å²) in [5, 5.41) is 3.76. The minimum absolute atomic E-state index is 0.0450. The number of benzene rings is 1. The van der Waals surface area contributed by atoms with Crippen LogP contribution in [0.25, 0.3) is 11.0 Å². The normalized spacial score (nSPS) is 13.3. The van der Waals surface area contributed by atoms with Gasteiger partial charge in [0.25, 0.3) is 5.91 Å². The SMILES string of the molecule is CCn1cc(C#Cc2cccc(C(=O)NC3CC3)c2)c2c(N)ncnc21. The van der Waals surface area contributed by atoms with Crippen molar-refractivity contribution in [3.8, 4) is 11.8 Å². The number of nitrogens with zero attached hydrogens (tertiary/aromatic N) is 3. The molecule has 3 N–H and O–H groups in total. The summed E-state index contributed by atoms with van der Waals surface area (Å²) >= 11 is 0. The number of fused-ring (bicyclic) bond motifs is 1. The molecule has 0 spiro atoms. The Morgan fingerprint density at radius 2 is 2.19 bits per heavy atom. The number of aryl methyl sites for hydroxylation is 1. The molecular formula is C20H19N5O. The number of hydrogen-bond donors (Lipinski definition) is 2. The molecule has 2 aromatic heterocycles. The molecule has 6 heteroatoms. The van der Waals surface area contributed by atoms with Gasteiger partial charge in [0.2, 0.25) is 0 Å². The molecule has 1 aromatic carbocycles. The molecule has 1 amide bonds. The number of anilines is 1. The van der Waals surface area contributed by atoms with Crippen LogP contribution in [0.1, 0.15) is 41.3 Å². The van der Waals surface area contributed by atoms with Crippen LogP contribution >= 0.6 is 0 Å². The van der Waals surface area contributed by atoms with Crippen molar-refractivity contribution >= 4 is 22.8 Å². The second-order valence-electron chi connectivity index (χ2n) is 6.36. The Morgan fingerprint density at radius 3 is 2.96 bits per heavy atom. The smallest absolute Gasteiger partial charge is 0.251 e. The Kier molecular flexibility index (Phi) is 4.05. The molecule has 1 aliphatic rings. The number of hydrogen-bond acceptors (Lipinski definition) is 4. The average Bonchev–Trinajstić information content (AvgIpc) is 3.39. The molecule has 0 radical (unpaired) electrons. The highest BCUT2D eigenvalue weighted by molar-refractivity contribution is 5.95. The molecule has 0 atom stereocenters. The first-order valence-electron chi connectivity index (χ1n) is 8.68. The predicted octanol–water partition coefficient (Wildman–Crippen LogP) is 2.33. The zero-order valence-corrected chi connectivity index (χ0v) is 14.5. The molecule has 1 saturated carbocycles. The summed E-state index contributed by atoms with van der Waals surface area (Å²) in [4.78, 5) is 20.6. The van der Waals surface area contributed by atoms with E-state index >= 15 is 0 Å². The molecule has 130 valence electrons.